The number of carboxylic acid groups (broad SMARTS) is 2. The van der Waals surface area contributed by atoms with Crippen LogP contribution in [0.2, 0.25) is 0 Å². The number of carbonyl (C=O) groups is 3. The number of ketones is 1. The van der Waals surface area contributed by atoms with Gasteiger partial charge in [0.1, 0.15) is 18.0 Å². The van der Waals surface area contributed by atoms with Gasteiger partial charge in [0.05, 0.1) is 48.6 Å². The molecule has 0 aromatic carbocycles. The van der Waals surface area contributed by atoms with Gasteiger partial charge in [-0.25, -0.2) is 0 Å². The van der Waals surface area contributed by atoms with Gasteiger partial charge in [-0.05, 0) is 36.0 Å². The molecule has 0 aromatic heterocycles. The van der Waals surface area contributed by atoms with E-state index in [1.54, 1.807) is 0 Å². The third-order valence-corrected chi connectivity index (χ3v) is 5.55. The molecule has 0 spiro atoms. The molecule has 24 nitrogen and oxygen atoms in total. The van der Waals surface area contributed by atoms with Crippen LogP contribution in [0.15, 0.2) is 20.5 Å². The van der Waals surface area contributed by atoms with Crippen LogP contribution in [0.25, 0.3) is 41.8 Å². The molecule has 5 N–H and O–H groups in total. The Balaban J connectivity index is -0.000000643. The minimum atomic E-state index is -2.86. The molecular formula is C19H31MgN12O12P. The summed E-state index contributed by atoms with van der Waals surface area (Å²) in [5.41, 5.74) is 33.4. The van der Waals surface area contributed by atoms with E-state index >= 15 is 0 Å². The number of azide groups is 4. The molecule has 0 aliphatic carbocycles. The van der Waals surface area contributed by atoms with Crippen LogP contribution >= 0.6 is 9.24 Å². The van der Waals surface area contributed by atoms with Crippen LogP contribution in [0.1, 0.15) is 28.6 Å². The molecule has 2 rings (SSSR count). The van der Waals surface area contributed by atoms with Crippen LogP contribution in [0.4, 0.5) is 0 Å². The molecule has 26 heteroatoms. The topological polar surface area (TPSA) is 412 Å². The predicted octanol–water partition coefficient (Wildman–Crippen LogP) is -2.81. The van der Waals surface area contributed by atoms with E-state index < -0.39 is 90.9 Å². The van der Waals surface area contributed by atoms with Crippen LogP contribution in [-0.4, -0.2) is 140 Å². The standard InChI is InChI=1S/C9H14N6O6.C6H10N6O3.C3H4O3.CH5P.Mg/c1-3(16)5(12-14-10)7-6(13-15-11)4(17)2-9(20,21-7)8(18)19;1-2-3(9-11-7)5(13)4(10-12-8)6(14)15-2;1-2(4)3(5)6;1-2;/h3-7,16-17,20H,2H2,1H3,(H,18,19);2-6,13-14H,1H3;1H3,(H,5,6);2H2,1H3;/q;;;;+2/p-2/t3-,4-,5-,6-,7?,9+;2?,3-,4?,5+,6?;;;/m11.../s1/i;;;1T;. The van der Waals surface area contributed by atoms with E-state index in [0.717, 1.165) is 6.92 Å². The first-order chi connectivity index (χ1) is 20.9. The number of hydrogen-bond donors (Lipinski definition) is 5. The number of carboxylic acids is 2. The first kappa shape index (κ1) is 43.9. The van der Waals surface area contributed by atoms with Gasteiger partial charge in [-0.1, -0.05) is 27.1 Å². The van der Waals surface area contributed by atoms with Gasteiger partial charge >= 0.3 is 23.1 Å². The smallest absolute Gasteiger partial charge is 0.544 e. The average Bonchev–Trinajstić information content (AvgIpc) is 2.94. The largest absolute Gasteiger partial charge is 2.00 e. The number of nitrogens with zero attached hydrogens (tertiary/aromatic N) is 12. The normalized spacial score (nSPS) is 31.1. The van der Waals surface area contributed by atoms with Crippen molar-refractivity contribution in [3.63, 3.8) is 0 Å². The van der Waals surface area contributed by atoms with Gasteiger partial charge in [-0.3, -0.25) is 4.79 Å². The molecule has 0 aromatic rings. The summed E-state index contributed by atoms with van der Waals surface area (Å²) in [7, 11) is 2.25. The Morgan fingerprint density at radius 1 is 1.02 bits per heavy atom. The summed E-state index contributed by atoms with van der Waals surface area (Å²) in [6, 6.07) is -4.80. The van der Waals surface area contributed by atoms with Crippen molar-refractivity contribution in [2.45, 2.75) is 94.0 Å². The van der Waals surface area contributed by atoms with Crippen molar-refractivity contribution in [2.75, 3.05) is 6.64 Å². The second kappa shape index (κ2) is 23.2. The van der Waals surface area contributed by atoms with Gasteiger partial charge in [0.25, 0.3) is 0 Å². The number of aliphatic carboxylic acids is 2. The number of aliphatic hydroxyl groups excluding tert-OH is 4. The molecule has 0 bridgehead atoms. The van der Waals surface area contributed by atoms with Crippen molar-refractivity contribution in [1.29, 1.82) is 0 Å². The number of carbonyl (C=O) groups excluding carboxylic acids is 3. The molecule has 0 saturated carbocycles. The zero-order valence-corrected chi connectivity index (χ0v) is 26.5. The summed E-state index contributed by atoms with van der Waals surface area (Å²) < 4.78 is 16.0. The van der Waals surface area contributed by atoms with Gasteiger partial charge in [0.2, 0.25) is 5.79 Å². The molecule has 2 saturated heterocycles. The molecule has 2 heterocycles. The summed E-state index contributed by atoms with van der Waals surface area (Å²) in [5, 5.41) is 81.3. The first-order valence-corrected chi connectivity index (χ1v) is 12.6. The number of aliphatic hydroxyl groups is 5. The number of ether oxygens (including phenoxy) is 2. The summed E-state index contributed by atoms with van der Waals surface area (Å²) in [5.74, 6) is -7.44. The van der Waals surface area contributed by atoms with Crippen LogP contribution in [0.3, 0.4) is 0 Å². The molecule has 2 aliphatic heterocycles. The maximum absolute atomic E-state index is 10.9. The number of hydrogen-bond acceptors (Lipinski definition) is 16. The molecule has 0 radical (unpaired) electrons. The fourth-order valence-electron chi connectivity index (χ4n) is 3.50. The van der Waals surface area contributed by atoms with Crippen molar-refractivity contribution in [2.24, 2.45) is 20.5 Å². The molecule has 2 aliphatic rings. The predicted molar refractivity (Wildman–Crippen MR) is 149 cm³/mol. The summed E-state index contributed by atoms with van der Waals surface area (Å²) in [6.45, 7) is 4.11. The third kappa shape index (κ3) is 14.6. The molecule has 2 fully saturated rings. The molecule has 0 amide bonds. The Bertz CT molecular complexity index is 1140. The SMILES string of the molecule is CC(=O)C(=O)[O-].CC1OC(O)C(N=[N+]=[N-])[C@@H](O)[C@@H]1N=[N+]=[N-].C[C@@H](O)[C@@H](N=[N+]=[N-])C1O[C@](O)(C(=O)[O-])C[C@@H](O)[C@H]1N=[N+]=[N-].[3H]CP.[Mg+2]. The summed E-state index contributed by atoms with van der Waals surface area (Å²) in [4.78, 5) is 39.6. The van der Waals surface area contributed by atoms with Crippen LogP contribution in [0, 0.1) is 0 Å². The Morgan fingerprint density at radius 2 is 1.47 bits per heavy atom. The average molecular weight is 677 g/mol. The zero-order chi connectivity index (χ0) is 35.5. The van der Waals surface area contributed by atoms with E-state index in [9.17, 15) is 50.1 Å². The van der Waals surface area contributed by atoms with Crippen LogP contribution < -0.4 is 10.2 Å². The van der Waals surface area contributed by atoms with Gasteiger partial charge in [-0.2, -0.15) is 0 Å². The molecule has 12 atom stereocenters. The minimum Gasteiger partial charge on any atom is -0.544 e. The van der Waals surface area contributed by atoms with Crippen LogP contribution in [0.5, 0.6) is 0 Å². The maximum Gasteiger partial charge on any atom is 2.00 e. The van der Waals surface area contributed by atoms with Gasteiger partial charge in [0, 0.05) is 34.4 Å². The van der Waals surface area contributed by atoms with E-state index in [1.807, 2.05) is 0 Å². The van der Waals surface area contributed by atoms with Crippen molar-refractivity contribution >= 4 is 50.0 Å². The van der Waals surface area contributed by atoms with E-state index in [2.05, 4.69) is 49.3 Å². The Kier molecular flexibility index (Phi) is 22.6. The summed E-state index contributed by atoms with van der Waals surface area (Å²) >= 11 is 0. The van der Waals surface area contributed by atoms with Gasteiger partial charge < -0.3 is 54.8 Å². The first-order valence-electron chi connectivity index (χ1n) is 12.5. The third-order valence-electron chi connectivity index (χ3n) is 5.55. The molecule has 5 unspecified atom stereocenters. The molecular weight excluding hydrogens is 644 g/mol. The fraction of sp³-hybridized carbons (Fsp3) is 0.842. The van der Waals surface area contributed by atoms with E-state index in [1.165, 1.54) is 13.8 Å². The van der Waals surface area contributed by atoms with Crippen molar-refractivity contribution in [3.05, 3.63) is 41.8 Å². The van der Waals surface area contributed by atoms with E-state index in [4.69, 9.17) is 33.0 Å². The van der Waals surface area contributed by atoms with Crippen molar-refractivity contribution in [3.8, 4) is 0 Å². The van der Waals surface area contributed by atoms with Crippen molar-refractivity contribution < 1.29 is 61.0 Å². The summed E-state index contributed by atoms with van der Waals surface area (Å²) in [6.07, 6.45) is -8.57. The van der Waals surface area contributed by atoms with E-state index in [0.29, 0.717) is 6.64 Å². The monoisotopic (exact) mass is 676 g/mol. The maximum atomic E-state index is 10.9. The minimum absolute atomic E-state index is 0. The van der Waals surface area contributed by atoms with Crippen molar-refractivity contribution in [1.82, 2.24) is 0 Å². The zero-order valence-electron chi connectivity index (χ0n) is 24.9. The Morgan fingerprint density at radius 3 is 1.84 bits per heavy atom. The molecule has 246 valence electrons. The molecule has 45 heavy (non-hydrogen) atoms. The number of Topliss-reactive ketones (excluding diaryl/α,β-unsaturated/α-hetero) is 1. The second-order valence-corrected chi connectivity index (χ2v) is 8.51. The van der Waals surface area contributed by atoms with E-state index in [-0.39, 0.29) is 23.1 Å². The second-order valence-electron chi connectivity index (χ2n) is 8.51. The van der Waals surface area contributed by atoms with Gasteiger partial charge in [0.15, 0.2) is 12.1 Å². The van der Waals surface area contributed by atoms with Gasteiger partial charge in [-0.15, -0.1) is 9.24 Å². The Labute approximate surface area is 273 Å². The fourth-order valence-corrected chi connectivity index (χ4v) is 3.50. The van der Waals surface area contributed by atoms with Crippen LogP contribution in [-0.2, 0) is 23.9 Å². The Hall–Kier alpha value is -3.23. The number of rotatable bonds is 8. The quantitative estimate of drug-likeness (QED) is 0.0434.